The third-order valence-corrected chi connectivity index (χ3v) is 3.47. The Morgan fingerprint density at radius 1 is 1.11 bits per heavy atom. The van der Waals surface area contributed by atoms with Crippen LogP contribution in [0.3, 0.4) is 0 Å². The number of halogens is 1. The third kappa shape index (κ3) is 3.42. The molecule has 0 bridgehead atoms. The molecule has 2 aromatic rings. The molecular formula is C16H18ClNO. The number of anilines is 1. The van der Waals surface area contributed by atoms with Crippen LogP contribution in [0.1, 0.15) is 18.1 Å². The van der Waals surface area contributed by atoms with Crippen LogP contribution in [-0.2, 0) is 6.54 Å². The fraction of sp³-hybridized carbons (Fsp3) is 0.250. The van der Waals surface area contributed by atoms with Crippen LogP contribution >= 0.6 is 11.6 Å². The second kappa shape index (κ2) is 5.98. The van der Waals surface area contributed by atoms with Gasteiger partial charge in [0, 0.05) is 18.8 Å². The van der Waals surface area contributed by atoms with E-state index in [-0.39, 0.29) is 5.75 Å². The van der Waals surface area contributed by atoms with E-state index in [9.17, 15) is 5.11 Å². The second-order valence-electron chi connectivity index (χ2n) is 4.64. The molecule has 2 aromatic carbocycles. The van der Waals surface area contributed by atoms with Gasteiger partial charge in [0.15, 0.2) is 0 Å². The summed E-state index contributed by atoms with van der Waals surface area (Å²) in [4.78, 5) is 2.27. The molecule has 0 aliphatic carbocycles. The van der Waals surface area contributed by atoms with Gasteiger partial charge in [-0.3, -0.25) is 0 Å². The molecule has 19 heavy (non-hydrogen) atoms. The molecule has 0 aliphatic heterocycles. The zero-order chi connectivity index (χ0) is 13.8. The van der Waals surface area contributed by atoms with Gasteiger partial charge in [0.05, 0.1) is 5.02 Å². The number of aromatic hydroxyl groups is 1. The first-order chi connectivity index (χ1) is 9.10. The Labute approximate surface area is 119 Å². The lowest BCUT2D eigenvalue weighted by Gasteiger charge is -2.23. The second-order valence-corrected chi connectivity index (χ2v) is 5.04. The minimum atomic E-state index is 0.129. The van der Waals surface area contributed by atoms with Crippen molar-refractivity contribution in [1.82, 2.24) is 0 Å². The maximum absolute atomic E-state index is 9.44. The van der Waals surface area contributed by atoms with Crippen LogP contribution in [0.25, 0.3) is 0 Å². The Morgan fingerprint density at radius 2 is 1.79 bits per heavy atom. The van der Waals surface area contributed by atoms with Crippen molar-refractivity contribution in [3.05, 3.63) is 58.6 Å². The molecule has 0 radical (unpaired) electrons. The van der Waals surface area contributed by atoms with Crippen LogP contribution in [0.5, 0.6) is 5.75 Å². The third-order valence-electron chi connectivity index (χ3n) is 3.17. The van der Waals surface area contributed by atoms with Gasteiger partial charge >= 0.3 is 0 Å². The van der Waals surface area contributed by atoms with Crippen LogP contribution in [0.2, 0.25) is 5.02 Å². The average Bonchev–Trinajstić information content (AvgIpc) is 2.41. The summed E-state index contributed by atoms with van der Waals surface area (Å²) >= 11 is 5.94. The number of rotatable bonds is 4. The van der Waals surface area contributed by atoms with Gasteiger partial charge < -0.3 is 10.0 Å². The SMILES string of the molecule is CCN(Cc1ccc(O)c(Cl)c1)c1ccc(C)cc1. The highest BCUT2D eigenvalue weighted by Gasteiger charge is 2.07. The lowest BCUT2D eigenvalue weighted by atomic mass is 10.1. The van der Waals surface area contributed by atoms with Gasteiger partial charge in [0.1, 0.15) is 5.75 Å². The molecule has 0 aromatic heterocycles. The van der Waals surface area contributed by atoms with Gasteiger partial charge in [-0.2, -0.15) is 0 Å². The molecule has 0 spiro atoms. The van der Waals surface area contributed by atoms with Crippen LogP contribution in [0.15, 0.2) is 42.5 Å². The van der Waals surface area contributed by atoms with E-state index in [1.165, 1.54) is 11.3 Å². The summed E-state index contributed by atoms with van der Waals surface area (Å²) in [7, 11) is 0. The number of nitrogens with zero attached hydrogens (tertiary/aromatic N) is 1. The van der Waals surface area contributed by atoms with Crippen molar-refractivity contribution in [3.8, 4) is 5.75 Å². The zero-order valence-electron chi connectivity index (χ0n) is 11.2. The van der Waals surface area contributed by atoms with E-state index in [1.54, 1.807) is 6.07 Å². The predicted octanol–water partition coefficient (Wildman–Crippen LogP) is 4.38. The first-order valence-corrected chi connectivity index (χ1v) is 6.77. The maximum atomic E-state index is 9.44. The summed E-state index contributed by atoms with van der Waals surface area (Å²) in [5.74, 6) is 0.129. The van der Waals surface area contributed by atoms with E-state index in [4.69, 9.17) is 11.6 Å². The highest BCUT2D eigenvalue weighted by molar-refractivity contribution is 6.32. The number of aryl methyl sites for hydroxylation is 1. The molecule has 100 valence electrons. The number of hydrogen-bond donors (Lipinski definition) is 1. The van der Waals surface area contributed by atoms with Crippen molar-refractivity contribution in [2.24, 2.45) is 0 Å². The number of hydrogen-bond acceptors (Lipinski definition) is 2. The van der Waals surface area contributed by atoms with Crippen molar-refractivity contribution >= 4 is 17.3 Å². The molecule has 0 heterocycles. The standard InChI is InChI=1S/C16H18ClNO/c1-3-18(14-7-4-12(2)5-8-14)11-13-6-9-16(19)15(17)10-13/h4-10,19H,3,11H2,1-2H3. The summed E-state index contributed by atoms with van der Waals surface area (Å²) in [6.45, 7) is 5.91. The van der Waals surface area contributed by atoms with E-state index in [0.29, 0.717) is 5.02 Å². The lowest BCUT2D eigenvalue weighted by molar-refractivity contribution is 0.475. The molecular weight excluding hydrogens is 258 g/mol. The van der Waals surface area contributed by atoms with E-state index in [2.05, 4.69) is 43.0 Å². The lowest BCUT2D eigenvalue weighted by Crippen LogP contribution is -2.21. The smallest absolute Gasteiger partial charge is 0.134 e. The van der Waals surface area contributed by atoms with Crippen molar-refractivity contribution in [2.45, 2.75) is 20.4 Å². The summed E-state index contributed by atoms with van der Waals surface area (Å²) in [6.07, 6.45) is 0. The Bertz CT molecular complexity index is 551. The topological polar surface area (TPSA) is 23.5 Å². The first kappa shape index (κ1) is 13.8. The van der Waals surface area contributed by atoms with Crippen LogP contribution in [0.4, 0.5) is 5.69 Å². The predicted molar refractivity (Wildman–Crippen MR) is 81.0 cm³/mol. The monoisotopic (exact) mass is 275 g/mol. The molecule has 0 atom stereocenters. The number of benzene rings is 2. The van der Waals surface area contributed by atoms with Crippen molar-refractivity contribution in [2.75, 3.05) is 11.4 Å². The van der Waals surface area contributed by atoms with Gasteiger partial charge in [-0.05, 0) is 43.7 Å². The molecule has 3 heteroatoms. The van der Waals surface area contributed by atoms with Crippen LogP contribution in [0, 0.1) is 6.92 Å². The summed E-state index contributed by atoms with van der Waals surface area (Å²) < 4.78 is 0. The van der Waals surface area contributed by atoms with E-state index in [1.807, 2.05) is 12.1 Å². The number of phenolic OH excluding ortho intramolecular Hbond substituents is 1. The fourth-order valence-corrected chi connectivity index (χ4v) is 2.21. The van der Waals surface area contributed by atoms with E-state index >= 15 is 0 Å². The van der Waals surface area contributed by atoms with E-state index < -0.39 is 0 Å². The number of phenols is 1. The molecule has 1 N–H and O–H groups in total. The zero-order valence-corrected chi connectivity index (χ0v) is 12.0. The van der Waals surface area contributed by atoms with Gasteiger partial charge in [-0.25, -0.2) is 0 Å². The van der Waals surface area contributed by atoms with Crippen molar-refractivity contribution in [1.29, 1.82) is 0 Å². The summed E-state index contributed by atoms with van der Waals surface area (Å²) in [5, 5.41) is 9.84. The molecule has 0 fully saturated rings. The molecule has 0 amide bonds. The molecule has 0 saturated carbocycles. The van der Waals surface area contributed by atoms with Crippen LogP contribution in [-0.4, -0.2) is 11.7 Å². The van der Waals surface area contributed by atoms with E-state index in [0.717, 1.165) is 18.7 Å². The summed E-state index contributed by atoms with van der Waals surface area (Å²) in [6, 6.07) is 13.8. The minimum Gasteiger partial charge on any atom is -0.506 e. The van der Waals surface area contributed by atoms with Crippen molar-refractivity contribution in [3.63, 3.8) is 0 Å². The van der Waals surface area contributed by atoms with Crippen LogP contribution < -0.4 is 4.90 Å². The largest absolute Gasteiger partial charge is 0.506 e. The Morgan fingerprint density at radius 3 is 2.37 bits per heavy atom. The maximum Gasteiger partial charge on any atom is 0.134 e. The summed E-state index contributed by atoms with van der Waals surface area (Å²) in [5.41, 5.74) is 3.54. The van der Waals surface area contributed by atoms with Gasteiger partial charge in [-0.15, -0.1) is 0 Å². The van der Waals surface area contributed by atoms with Gasteiger partial charge in [0.2, 0.25) is 0 Å². The normalized spacial score (nSPS) is 10.5. The molecule has 0 saturated heterocycles. The minimum absolute atomic E-state index is 0.129. The highest BCUT2D eigenvalue weighted by atomic mass is 35.5. The Hall–Kier alpha value is -1.67. The van der Waals surface area contributed by atoms with Gasteiger partial charge in [-0.1, -0.05) is 35.4 Å². The first-order valence-electron chi connectivity index (χ1n) is 6.39. The molecule has 2 rings (SSSR count). The molecule has 0 aliphatic rings. The quantitative estimate of drug-likeness (QED) is 0.895. The van der Waals surface area contributed by atoms with Gasteiger partial charge in [0.25, 0.3) is 0 Å². The average molecular weight is 276 g/mol. The Kier molecular flexibility index (Phi) is 4.33. The molecule has 0 unspecified atom stereocenters. The Balaban J connectivity index is 2.18. The van der Waals surface area contributed by atoms with Crippen molar-refractivity contribution < 1.29 is 5.11 Å². The fourth-order valence-electron chi connectivity index (χ4n) is 2.01. The molecule has 2 nitrogen and oxygen atoms in total. The highest BCUT2D eigenvalue weighted by Crippen LogP contribution is 2.25.